The standard InChI is InChI=1S/C15H13N3OS.HI.Zn/c16-15(20)18-17-13(11-7-3-1-4-8-11)14(19)12-9-5-2-6-10-12;;/h1-10H,(H3,16,18,19,20);1H;/q;;+2/p-2. The Morgan fingerprint density at radius 2 is 1.45 bits per heavy atom. The average molecular weight is 475 g/mol. The van der Waals surface area contributed by atoms with E-state index in [-0.39, 0.29) is 16.6 Å². The van der Waals surface area contributed by atoms with Crippen LogP contribution in [0.15, 0.2) is 65.8 Å². The predicted octanol–water partition coefficient (Wildman–Crippen LogP) is 4.08. The first-order chi connectivity index (χ1) is 10.7. The van der Waals surface area contributed by atoms with Crippen LogP contribution >= 0.6 is 32.0 Å². The molecule has 0 saturated heterocycles. The molecule has 108 valence electrons. The van der Waals surface area contributed by atoms with Crippen LogP contribution in [-0.4, -0.2) is 16.6 Å². The molecule has 0 aromatic heterocycles. The summed E-state index contributed by atoms with van der Waals surface area (Å²) in [5, 5.41) is 3.72. The zero-order valence-corrected chi connectivity index (χ0v) is 17.6. The summed E-state index contributed by atoms with van der Waals surface area (Å²) in [5.41, 5.74) is 11.0. The number of nitrogens with one attached hydrogen (secondary N) is 2. The molecule has 0 saturated carbocycles. The molecule has 0 heterocycles. The van der Waals surface area contributed by atoms with Crippen molar-refractivity contribution in [3.63, 3.8) is 0 Å². The van der Waals surface area contributed by atoms with Crippen LogP contribution in [0.4, 0.5) is 0 Å². The Balaban J connectivity index is 0.00000116. The van der Waals surface area contributed by atoms with E-state index in [1.54, 1.807) is 36.4 Å². The summed E-state index contributed by atoms with van der Waals surface area (Å²) in [7, 11) is 0. The fourth-order valence-electron chi connectivity index (χ4n) is 1.68. The van der Waals surface area contributed by atoms with Crippen molar-refractivity contribution in [3.8, 4) is 0 Å². The van der Waals surface area contributed by atoms with Gasteiger partial charge in [0.25, 0.3) is 0 Å². The van der Waals surface area contributed by atoms with Crippen LogP contribution in [-0.2, 0) is 14.8 Å². The number of Topliss-reactive ketones (excluding diaryl/α,β-unsaturated/α-hetero) is 1. The quantitative estimate of drug-likeness (QED) is 0.181. The van der Waals surface area contributed by atoms with Gasteiger partial charge in [0.2, 0.25) is 5.78 Å². The van der Waals surface area contributed by atoms with Gasteiger partial charge in [0, 0.05) is 16.2 Å². The Bertz CT molecular complexity index is 650. The van der Waals surface area contributed by atoms with Crippen molar-refractivity contribution in [2.24, 2.45) is 5.10 Å². The molecule has 0 atom stereocenters. The maximum atomic E-state index is 12.5. The molecule has 0 aliphatic rings. The molecule has 2 rings (SSSR count). The fourth-order valence-corrected chi connectivity index (χ4v) is 1.72. The summed E-state index contributed by atoms with van der Waals surface area (Å²) >= 11 is 8.22. The van der Waals surface area contributed by atoms with Crippen LogP contribution in [0.2, 0.25) is 0 Å². The molecule has 0 amide bonds. The van der Waals surface area contributed by atoms with Gasteiger partial charge < -0.3 is 11.2 Å². The number of nitrogens with zero attached hydrogens (tertiary/aromatic N) is 1. The number of rotatable bonds is 4. The SMILES string of the molecule is [NH-]C(=S)N/N=C(/C(=O)c1ccccc1)c1ccccc1.[Zn+][I]. The molecule has 4 nitrogen and oxygen atoms in total. The summed E-state index contributed by atoms with van der Waals surface area (Å²) in [5.74, 6) is -0.222. The first-order valence-corrected chi connectivity index (χ1v) is 15.7. The van der Waals surface area contributed by atoms with Gasteiger partial charge >= 0.3 is 34.5 Å². The van der Waals surface area contributed by atoms with Crippen molar-refractivity contribution in [1.82, 2.24) is 5.43 Å². The van der Waals surface area contributed by atoms with E-state index in [4.69, 9.17) is 5.73 Å². The molecule has 2 aromatic carbocycles. The second kappa shape index (κ2) is 10.5. The normalized spacial score (nSPS) is 10.2. The molecule has 0 fully saturated rings. The molecule has 0 spiro atoms. The van der Waals surface area contributed by atoms with Crippen LogP contribution in [0.1, 0.15) is 15.9 Å². The van der Waals surface area contributed by atoms with Crippen molar-refractivity contribution in [2.75, 3.05) is 0 Å². The molecular formula is C15H12IN3OSZn. The third-order valence-electron chi connectivity index (χ3n) is 2.57. The van der Waals surface area contributed by atoms with E-state index >= 15 is 0 Å². The molecule has 0 bridgehead atoms. The van der Waals surface area contributed by atoms with Gasteiger partial charge in [-0.2, -0.15) is 0 Å². The van der Waals surface area contributed by atoms with Crippen molar-refractivity contribution < 1.29 is 19.6 Å². The van der Waals surface area contributed by atoms with Crippen molar-refractivity contribution in [1.29, 1.82) is 0 Å². The van der Waals surface area contributed by atoms with Gasteiger partial charge in [-0.05, 0) is 0 Å². The number of halogens is 1. The Labute approximate surface area is 155 Å². The van der Waals surface area contributed by atoms with Crippen LogP contribution in [0.5, 0.6) is 0 Å². The van der Waals surface area contributed by atoms with Gasteiger partial charge in [-0.3, -0.25) is 9.90 Å². The first-order valence-electron chi connectivity index (χ1n) is 6.19. The predicted molar refractivity (Wildman–Crippen MR) is 97.8 cm³/mol. The Kier molecular flexibility index (Phi) is 9.03. The molecule has 7 heteroatoms. The Morgan fingerprint density at radius 3 is 1.91 bits per heavy atom. The fraction of sp³-hybridized carbons (Fsp3) is 0. The van der Waals surface area contributed by atoms with Crippen LogP contribution in [0.3, 0.4) is 0 Å². The van der Waals surface area contributed by atoms with E-state index in [0.29, 0.717) is 11.1 Å². The molecule has 22 heavy (non-hydrogen) atoms. The summed E-state index contributed by atoms with van der Waals surface area (Å²) in [6.45, 7) is 0. The summed E-state index contributed by atoms with van der Waals surface area (Å²) in [6, 6.07) is 17.9. The van der Waals surface area contributed by atoms with Gasteiger partial charge in [0.15, 0.2) is 0 Å². The molecule has 0 aliphatic carbocycles. The van der Waals surface area contributed by atoms with E-state index in [1.165, 1.54) is 14.8 Å². The number of carbonyl (C=O) groups excluding carboxylic acids is 1. The zero-order valence-electron chi connectivity index (χ0n) is 11.6. The van der Waals surface area contributed by atoms with E-state index in [2.05, 4.69) is 42.5 Å². The maximum absolute atomic E-state index is 12.5. The van der Waals surface area contributed by atoms with Crippen LogP contribution in [0, 0.1) is 0 Å². The molecule has 0 unspecified atom stereocenters. The monoisotopic (exact) mass is 473 g/mol. The third kappa shape index (κ3) is 5.90. The Hall–Kier alpha value is -1.18. The second-order valence-electron chi connectivity index (χ2n) is 3.96. The number of thiocarbonyl (C=S) groups is 1. The van der Waals surface area contributed by atoms with Gasteiger partial charge in [-0.25, -0.2) is 0 Å². The molecule has 2 N–H and O–H groups in total. The Morgan fingerprint density at radius 1 is 1.00 bits per heavy atom. The molecule has 2 aromatic rings. The van der Waals surface area contributed by atoms with E-state index in [1.807, 2.05) is 24.3 Å². The first kappa shape index (κ1) is 18.9. The third-order valence-corrected chi connectivity index (χ3v) is 2.66. The van der Waals surface area contributed by atoms with Crippen molar-refractivity contribution in [3.05, 3.63) is 77.5 Å². The summed E-state index contributed by atoms with van der Waals surface area (Å²) < 4.78 is 0. The van der Waals surface area contributed by atoms with Gasteiger partial charge in [0.1, 0.15) is 5.71 Å². The summed E-state index contributed by atoms with van der Waals surface area (Å²) in [6.07, 6.45) is 0. The van der Waals surface area contributed by atoms with Crippen molar-refractivity contribution in [2.45, 2.75) is 0 Å². The molecule has 0 radical (unpaired) electrons. The molecular weight excluding hydrogens is 463 g/mol. The number of hydrogen-bond acceptors (Lipinski definition) is 3. The number of benzene rings is 2. The van der Waals surface area contributed by atoms with E-state index in [9.17, 15) is 4.79 Å². The zero-order chi connectivity index (χ0) is 16.4. The minimum absolute atomic E-state index is 0.222. The van der Waals surface area contributed by atoms with E-state index in [0.717, 1.165) is 0 Å². The average Bonchev–Trinajstić information content (AvgIpc) is 2.58. The van der Waals surface area contributed by atoms with Gasteiger partial charge in [-0.1, -0.05) is 72.9 Å². The summed E-state index contributed by atoms with van der Waals surface area (Å²) in [4.78, 5) is 12.5. The van der Waals surface area contributed by atoms with Crippen LogP contribution in [0.25, 0.3) is 5.73 Å². The van der Waals surface area contributed by atoms with E-state index < -0.39 is 0 Å². The van der Waals surface area contributed by atoms with Crippen LogP contribution < -0.4 is 5.43 Å². The second-order valence-corrected chi connectivity index (χ2v) is 4.37. The molecule has 0 aliphatic heterocycles. The van der Waals surface area contributed by atoms with Gasteiger partial charge in [0.05, 0.1) is 0 Å². The van der Waals surface area contributed by atoms with Crippen molar-refractivity contribution >= 4 is 48.6 Å². The number of carbonyl (C=O) groups is 1. The number of ketones is 1. The number of hydrogen-bond donors (Lipinski definition) is 1. The topological polar surface area (TPSA) is 65.3 Å². The van der Waals surface area contributed by atoms with Gasteiger partial charge in [-0.15, -0.1) is 0 Å². The minimum atomic E-state index is -0.237. The number of hydrazone groups is 1.